The Morgan fingerprint density at radius 2 is 1.64 bits per heavy atom. The van der Waals surface area contributed by atoms with E-state index in [4.69, 9.17) is 9.47 Å². The van der Waals surface area contributed by atoms with E-state index < -0.39 is 5.97 Å². The predicted octanol–water partition coefficient (Wildman–Crippen LogP) is 5.14. The topological polar surface area (TPSA) is 52.6 Å². The number of esters is 1. The third-order valence-electron chi connectivity index (χ3n) is 4.62. The highest BCUT2D eigenvalue weighted by molar-refractivity contribution is 6.15. The lowest BCUT2D eigenvalue weighted by atomic mass is 10.1. The molecule has 0 N–H and O–H groups in total. The molecule has 0 radical (unpaired) electrons. The molecule has 0 aliphatic carbocycles. The number of benzene rings is 3. The van der Waals surface area contributed by atoms with Gasteiger partial charge in [-0.1, -0.05) is 48.0 Å². The van der Waals surface area contributed by atoms with E-state index in [-0.39, 0.29) is 11.5 Å². The maximum Gasteiger partial charge on any atom is 0.343 e. The maximum absolute atomic E-state index is 12.6. The third kappa shape index (κ3) is 3.32. The number of rotatable bonds is 3. The average Bonchev–Trinajstić information content (AvgIpc) is 3.02. The molecule has 0 fully saturated rings. The summed E-state index contributed by atoms with van der Waals surface area (Å²) >= 11 is 0. The third-order valence-corrected chi connectivity index (χ3v) is 4.62. The fraction of sp³-hybridized carbons (Fsp3) is 0.0833. The van der Waals surface area contributed by atoms with Crippen LogP contribution in [0.2, 0.25) is 0 Å². The van der Waals surface area contributed by atoms with Gasteiger partial charge in [-0.2, -0.15) is 0 Å². The zero-order valence-electron chi connectivity index (χ0n) is 15.6. The van der Waals surface area contributed by atoms with Gasteiger partial charge in [0.05, 0.1) is 11.1 Å². The van der Waals surface area contributed by atoms with Crippen molar-refractivity contribution < 1.29 is 19.1 Å². The van der Waals surface area contributed by atoms with Crippen molar-refractivity contribution in [1.29, 1.82) is 0 Å². The van der Waals surface area contributed by atoms with Crippen LogP contribution in [0.5, 0.6) is 11.5 Å². The van der Waals surface area contributed by atoms with Crippen molar-refractivity contribution >= 4 is 17.8 Å². The first-order chi connectivity index (χ1) is 13.5. The zero-order chi connectivity index (χ0) is 19.7. The Morgan fingerprint density at radius 1 is 0.929 bits per heavy atom. The summed E-state index contributed by atoms with van der Waals surface area (Å²) in [4.78, 5) is 25.0. The Labute approximate surface area is 163 Å². The SMILES string of the molecule is Cc1ccc(C(=O)Oc2ccc3c(c2C)O/C(=C\c2ccccc2)C3=O)cc1. The van der Waals surface area contributed by atoms with Crippen LogP contribution in [0.15, 0.2) is 72.5 Å². The van der Waals surface area contributed by atoms with Gasteiger partial charge in [0.1, 0.15) is 11.5 Å². The Balaban J connectivity index is 1.61. The summed E-state index contributed by atoms with van der Waals surface area (Å²) in [5, 5.41) is 0. The largest absolute Gasteiger partial charge is 0.452 e. The quantitative estimate of drug-likeness (QED) is 0.364. The highest BCUT2D eigenvalue weighted by Crippen LogP contribution is 2.39. The number of ether oxygens (including phenoxy) is 2. The minimum absolute atomic E-state index is 0.182. The second-order valence-electron chi connectivity index (χ2n) is 6.67. The number of fused-ring (bicyclic) bond motifs is 1. The second kappa shape index (κ2) is 7.16. The van der Waals surface area contributed by atoms with Gasteiger partial charge in [-0.3, -0.25) is 4.79 Å². The minimum Gasteiger partial charge on any atom is -0.452 e. The molecule has 0 saturated heterocycles. The fourth-order valence-corrected chi connectivity index (χ4v) is 3.03. The molecule has 0 bridgehead atoms. The van der Waals surface area contributed by atoms with Crippen molar-refractivity contribution in [2.75, 3.05) is 0 Å². The van der Waals surface area contributed by atoms with Gasteiger partial charge >= 0.3 is 5.97 Å². The number of carbonyl (C=O) groups is 2. The van der Waals surface area contributed by atoms with Crippen LogP contribution in [0.4, 0.5) is 0 Å². The van der Waals surface area contributed by atoms with Crippen molar-refractivity contribution in [3.05, 3.63) is 100 Å². The summed E-state index contributed by atoms with van der Waals surface area (Å²) < 4.78 is 11.4. The minimum atomic E-state index is -0.451. The molecule has 0 aromatic heterocycles. The van der Waals surface area contributed by atoms with Gasteiger partial charge in [-0.25, -0.2) is 4.79 Å². The lowest BCUT2D eigenvalue weighted by Crippen LogP contribution is -2.09. The van der Waals surface area contributed by atoms with Gasteiger partial charge in [-0.15, -0.1) is 0 Å². The molecule has 0 amide bonds. The molecular weight excluding hydrogens is 352 g/mol. The van der Waals surface area contributed by atoms with E-state index >= 15 is 0 Å². The summed E-state index contributed by atoms with van der Waals surface area (Å²) in [6.45, 7) is 3.73. The molecule has 1 aliphatic rings. The monoisotopic (exact) mass is 370 g/mol. The summed E-state index contributed by atoms with van der Waals surface area (Å²) in [5.74, 6) is 0.427. The molecule has 4 nitrogen and oxygen atoms in total. The van der Waals surface area contributed by atoms with Crippen LogP contribution in [-0.4, -0.2) is 11.8 Å². The summed E-state index contributed by atoms with van der Waals surface area (Å²) in [5.41, 5.74) is 3.49. The highest BCUT2D eigenvalue weighted by Gasteiger charge is 2.30. The average molecular weight is 370 g/mol. The van der Waals surface area contributed by atoms with E-state index in [1.165, 1.54) is 0 Å². The number of ketones is 1. The van der Waals surface area contributed by atoms with Crippen LogP contribution in [0.1, 0.15) is 37.4 Å². The smallest absolute Gasteiger partial charge is 0.343 e. The standard InChI is InChI=1S/C24H18O4/c1-15-8-10-18(11-9-15)24(26)28-20-13-12-19-22(25)21(27-23(19)16(20)2)14-17-6-4-3-5-7-17/h3-14H,1-2H3/b21-14-. The molecular formula is C24H18O4. The molecule has 1 heterocycles. The van der Waals surface area contributed by atoms with E-state index in [0.29, 0.717) is 28.2 Å². The molecule has 0 saturated carbocycles. The second-order valence-corrected chi connectivity index (χ2v) is 6.67. The van der Waals surface area contributed by atoms with E-state index in [9.17, 15) is 9.59 Å². The molecule has 0 atom stereocenters. The zero-order valence-corrected chi connectivity index (χ0v) is 15.6. The lowest BCUT2D eigenvalue weighted by molar-refractivity contribution is 0.0733. The molecule has 4 rings (SSSR count). The Morgan fingerprint density at radius 3 is 2.36 bits per heavy atom. The van der Waals surface area contributed by atoms with Gasteiger partial charge in [-0.05, 0) is 49.8 Å². The fourth-order valence-electron chi connectivity index (χ4n) is 3.03. The summed E-state index contributed by atoms with van der Waals surface area (Å²) in [7, 11) is 0. The molecule has 1 aliphatic heterocycles. The van der Waals surface area contributed by atoms with E-state index in [0.717, 1.165) is 11.1 Å². The number of allylic oxidation sites excluding steroid dienone is 1. The number of carbonyl (C=O) groups excluding carboxylic acids is 2. The highest BCUT2D eigenvalue weighted by atomic mass is 16.5. The van der Waals surface area contributed by atoms with Gasteiger partial charge < -0.3 is 9.47 Å². The maximum atomic E-state index is 12.6. The lowest BCUT2D eigenvalue weighted by Gasteiger charge is -2.10. The van der Waals surface area contributed by atoms with Crippen molar-refractivity contribution in [3.63, 3.8) is 0 Å². The van der Waals surface area contributed by atoms with Crippen LogP contribution in [0, 0.1) is 13.8 Å². The van der Waals surface area contributed by atoms with Gasteiger partial charge in [0.25, 0.3) is 0 Å². The first-order valence-corrected chi connectivity index (χ1v) is 8.94. The first-order valence-electron chi connectivity index (χ1n) is 8.94. The predicted molar refractivity (Wildman–Crippen MR) is 107 cm³/mol. The van der Waals surface area contributed by atoms with E-state index in [1.54, 1.807) is 37.3 Å². The van der Waals surface area contributed by atoms with Crippen LogP contribution >= 0.6 is 0 Å². The number of aryl methyl sites for hydroxylation is 1. The van der Waals surface area contributed by atoms with Gasteiger partial charge in [0, 0.05) is 5.56 Å². The number of hydrogen-bond donors (Lipinski definition) is 0. The molecule has 3 aromatic rings. The molecule has 0 spiro atoms. The molecule has 138 valence electrons. The van der Waals surface area contributed by atoms with Gasteiger partial charge in [0.15, 0.2) is 5.76 Å². The van der Waals surface area contributed by atoms with Gasteiger partial charge in [0.2, 0.25) is 5.78 Å². The Hall–Kier alpha value is -3.66. The van der Waals surface area contributed by atoms with Crippen molar-refractivity contribution in [2.24, 2.45) is 0 Å². The van der Waals surface area contributed by atoms with Crippen LogP contribution in [-0.2, 0) is 0 Å². The summed E-state index contributed by atoms with van der Waals surface area (Å²) in [6.07, 6.45) is 1.71. The van der Waals surface area contributed by atoms with Crippen LogP contribution in [0.3, 0.4) is 0 Å². The van der Waals surface area contributed by atoms with Crippen molar-refractivity contribution in [2.45, 2.75) is 13.8 Å². The van der Waals surface area contributed by atoms with E-state index in [1.807, 2.05) is 49.4 Å². The molecule has 3 aromatic carbocycles. The molecule has 0 unspecified atom stereocenters. The van der Waals surface area contributed by atoms with Crippen molar-refractivity contribution in [1.82, 2.24) is 0 Å². The Bertz CT molecular complexity index is 1090. The number of hydrogen-bond acceptors (Lipinski definition) is 4. The molecule has 4 heteroatoms. The van der Waals surface area contributed by atoms with E-state index in [2.05, 4.69) is 0 Å². The van der Waals surface area contributed by atoms with Crippen molar-refractivity contribution in [3.8, 4) is 11.5 Å². The summed E-state index contributed by atoms with van der Waals surface area (Å²) in [6, 6.07) is 19.9. The van der Waals surface area contributed by atoms with Crippen LogP contribution in [0.25, 0.3) is 6.08 Å². The Kier molecular flexibility index (Phi) is 4.53. The first kappa shape index (κ1) is 17.7. The normalized spacial score (nSPS) is 13.9. The number of Topliss-reactive ketones (excluding diaryl/α,β-unsaturated/α-hetero) is 1. The van der Waals surface area contributed by atoms with Crippen LogP contribution < -0.4 is 9.47 Å². The molecule has 28 heavy (non-hydrogen) atoms.